The van der Waals surface area contributed by atoms with E-state index in [1.165, 1.54) is 6.07 Å². The summed E-state index contributed by atoms with van der Waals surface area (Å²) in [6.45, 7) is 8.29. The summed E-state index contributed by atoms with van der Waals surface area (Å²) >= 11 is 3.51. The molecule has 0 saturated carbocycles. The number of rotatable bonds is 5. The number of hydrogen-bond acceptors (Lipinski definition) is 1. The Hall–Kier alpha value is -0.570. The molecule has 0 aliphatic carbocycles. The number of halogens is 2. The van der Waals surface area contributed by atoms with Crippen LogP contribution in [0.5, 0.6) is 0 Å². The quantitative estimate of drug-likeness (QED) is 0.738. The second-order valence-electron chi connectivity index (χ2n) is 4.79. The van der Waals surface area contributed by atoms with E-state index in [4.69, 9.17) is 0 Å². The third-order valence-corrected chi connectivity index (χ3v) is 4.05. The maximum absolute atomic E-state index is 13.1. The molecule has 0 fully saturated rings. The first-order valence-corrected chi connectivity index (χ1v) is 6.67. The van der Waals surface area contributed by atoms with Crippen LogP contribution in [0.4, 0.5) is 10.1 Å². The van der Waals surface area contributed by atoms with Crippen LogP contribution in [-0.2, 0) is 0 Å². The van der Waals surface area contributed by atoms with Gasteiger partial charge in [0.15, 0.2) is 0 Å². The molecule has 16 heavy (non-hydrogen) atoms. The number of alkyl halides is 1. The maximum Gasteiger partial charge on any atom is 0.125 e. The van der Waals surface area contributed by atoms with E-state index in [2.05, 4.69) is 41.6 Å². The Labute approximate surface area is 106 Å². The first-order chi connectivity index (χ1) is 7.48. The highest BCUT2D eigenvalue weighted by Crippen LogP contribution is 2.24. The Morgan fingerprint density at radius 1 is 1.38 bits per heavy atom. The van der Waals surface area contributed by atoms with E-state index in [-0.39, 0.29) is 11.2 Å². The van der Waals surface area contributed by atoms with Gasteiger partial charge in [-0.3, -0.25) is 0 Å². The normalized spacial score (nSPS) is 11.6. The summed E-state index contributed by atoms with van der Waals surface area (Å²) in [6.07, 6.45) is 0. The molecule has 0 aromatic heterocycles. The van der Waals surface area contributed by atoms with Gasteiger partial charge in [0, 0.05) is 24.1 Å². The number of benzene rings is 1. The lowest BCUT2D eigenvalue weighted by Gasteiger charge is -2.32. The summed E-state index contributed by atoms with van der Waals surface area (Å²) in [5.41, 5.74) is 1.14. The zero-order valence-electron chi connectivity index (χ0n) is 10.1. The van der Waals surface area contributed by atoms with Gasteiger partial charge in [-0.05, 0) is 30.5 Å². The van der Waals surface area contributed by atoms with Crippen molar-refractivity contribution < 1.29 is 4.39 Å². The molecule has 90 valence electrons. The summed E-state index contributed by atoms with van der Waals surface area (Å²) in [7, 11) is 0. The van der Waals surface area contributed by atoms with Crippen molar-refractivity contribution in [1.82, 2.24) is 0 Å². The molecule has 0 unspecified atom stereocenters. The smallest absolute Gasteiger partial charge is 0.125 e. The van der Waals surface area contributed by atoms with Gasteiger partial charge in [0.05, 0.1) is 0 Å². The van der Waals surface area contributed by atoms with E-state index in [0.29, 0.717) is 0 Å². The van der Waals surface area contributed by atoms with Crippen LogP contribution in [0.2, 0.25) is 0 Å². The largest absolute Gasteiger partial charge is 0.371 e. The van der Waals surface area contributed by atoms with Crippen LogP contribution in [0.3, 0.4) is 0 Å². The van der Waals surface area contributed by atoms with E-state index in [9.17, 15) is 4.39 Å². The predicted octanol–water partition coefficient (Wildman–Crippen LogP) is 4.07. The average Bonchev–Trinajstić information content (AvgIpc) is 2.26. The number of hydrogen-bond donors (Lipinski definition) is 0. The molecule has 1 aromatic rings. The van der Waals surface area contributed by atoms with Gasteiger partial charge in [-0.25, -0.2) is 4.39 Å². The molecular weight excluding hydrogens is 269 g/mol. The van der Waals surface area contributed by atoms with Crippen molar-refractivity contribution in [2.45, 2.75) is 20.8 Å². The third-order valence-electron chi connectivity index (χ3n) is 2.54. The highest BCUT2D eigenvalue weighted by atomic mass is 79.9. The molecule has 0 amide bonds. The lowest BCUT2D eigenvalue weighted by Crippen LogP contribution is -2.35. The molecule has 0 heterocycles. The van der Waals surface area contributed by atoms with E-state index in [0.717, 1.165) is 24.1 Å². The molecule has 0 saturated heterocycles. The van der Waals surface area contributed by atoms with Crippen molar-refractivity contribution in [3.8, 4) is 0 Å². The van der Waals surface area contributed by atoms with Crippen LogP contribution in [0.25, 0.3) is 0 Å². The van der Waals surface area contributed by atoms with Crippen molar-refractivity contribution in [3.63, 3.8) is 0 Å². The van der Waals surface area contributed by atoms with Gasteiger partial charge in [0.25, 0.3) is 0 Å². The van der Waals surface area contributed by atoms with Crippen molar-refractivity contribution in [2.24, 2.45) is 5.41 Å². The molecule has 0 spiro atoms. The maximum atomic E-state index is 13.1. The highest BCUT2D eigenvalue weighted by Gasteiger charge is 2.20. The Balaban J connectivity index is 2.82. The third kappa shape index (κ3) is 3.78. The van der Waals surface area contributed by atoms with Gasteiger partial charge in [0.1, 0.15) is 5.82 Å². The predicted molar refractivity (Wildman–Crippen MR) is 71.9 cm³/mol. The summed E-state index contributed by atoms with van der Waals surface area (Å²) in [5.74, 6) is -0.174. The number of anilines is 1. The Bertz CT molecular complexity index is 338. The van der Waals surface area contributed by atoms with Crippen LogP contribution in [-0.4, -0.2) is 18.4 Å². The minimum atomic E-state index is -0.174. The topological polar surface area (TPSA) is 3.24 Å². The van der Waals surface area contributed by atoms with Crippen molar-refractivity contribution in [1.29, 1.82) is 0 Å². The zero-order chi connectivity index (χ0) is 12.2. The molecular formula is C13H19BrFN. The fraction of sp³-hybridized carbons (Fsp3) is 0.538. The Morgan fingerprint density at radius 2 is 2.06 bits per heavy atom. The van der Waals surface area contributed by atoms with Gasteiger partial charge in [-0.1, -0.05) is 35.8 Å². The van der Waals surface area contributed by atoms with Gasteiger partial charge in [-0.15, -0.1) is 0 Å². The van der Waals surface area contributed by atoms with Crippen molar-refractivity contribution in [2.75, 3.05) is 23.3 Å². The second kappa shape index (κ2) is 5.67. The van der Waals surface area contributed by atoms with E-state index >= 15 is 0 Å². The monoisotopic (exact) mass is 287 g/mol. The molecule has 0 atom stereocenters. The lowest BCUT2D eigenvalue weighted by molar-refractivity contribution is 0.425. The standard InChI is InChI=1S/C13H19BrFN/c1-4-16(10-13(2,3)9-14)12-7-5-6-11(15)8-12/h5-8H,4,9-10H2,1-3H3. The first kappa shape index (κ1) is 13.5. The summed E-state index contributed by atoms with van der Waals surface area (Å²) in [6, 6.07) is 6.78. The van der Waals surface area contributed by atoms with Crippen LogP contribution < -0.4 is 4.90 Å². The molecule has 0 aliphatic rings. The molecule has 0 aliphatic heterocycles. The molecule has 0 bridgehead atoms. The van der Waals surface area contributed by atoms with Crippen molar-refractivity contribution >= 4 is 21.6 Å². The Kier molecular flexibility index (Phi) is 4.78. The van der Waals surface area contributed by atoms with Crippen LogP contribution >= 0.6 is 15.9 Å². The lowest BCUT2D eigenvalue weighted by atomic mass is 9.95. The highest BCUT2D eigenvalue weighted by molar-refractivity contribution is 9.09. The molecule has 1 nitrogen and oxygen atoms in total. The van der Waals surface area contributed by atoms with Gasteiger partial charge >= 0.3 is 0 Å². The van der Waals surface area contributed by atoms with Crippen LogP contribution in [0.1, 0.15) is 20.8 Å². The van der Waals surface area contributed by atoms with E-state index in [1.54, 1.807) is 12.1 Å². The fourth-order valence-electron chi connectivity index (χ4n) is 1.62. The average molecular weight is 288 g/mol. The minimum Gasteiger partial charge on any atom is -0.371 e. The minimum absolute atomic E-state index is 0.174. The SMILES string of the molecule is CCN(CC(C)(C)CBr)c1cccc(F)c1. The fourth-order valence-corrected chi connectivity index (χ4v) is 1.79. The van der Waals surface area contributed by atoms with Crippen LogP contribution in [0.15, 0.2) is 24.3 Å². The summed E-state index contributed by atoms with van der Waals surface area (Å²) < 4.78 is 13.1. The van der Waals surface area contributed by atoms with Gasteiger partial charge in [-0.2, -0.15) is 0 Å². The number of nitrogens with zero attached hydrogens (tertiary/aromatic N) is 1. The molecule has 0 N–H and O–H groups in total. The summed E-state index contributed by atoms with van der Waals surface area (Å²) in [5, 5.41) is 0.936. The van der Waals surface area contributed by atoms with Gasteiger partial charge < -0.3 is 4.90 Å². The van der Waals surface area contributed by atoms with E-state index < -0.39 is 0 Å². The van der Waals surface area contributed by atoms with Crippen molar-refractivity contribution in [3.05, 3.63) is 30.1 Å². The molecule has 1 aromatic carbocycles. The molecule has 1 rings (SSSR count). The Morgan fingerprint density at radius 3 is 2.56 bits per heavy atom. The first-order valence-electron chi connectivity index (χ1n) is 5.55. The molecule has 3 heteroatoms. The van der Waals surface area contributed by atoms with E-state index in [1.807, 2.05) is 6.07 Å². The molecule has 0 radical (unpaired) electrons. The van der Waals surface area contributed by atoms with Crippen LogP contribution in [0, 0.1) is 11.2 Å². The zero-order valence-corrected chi connectivity index (χ0v) is 11.7. The second-order valence-corrected chi connectivity index (χ2v) is 5.35. The van der Waals surface area contributed by atoms with Gasteiger partial charge in [0.2, 0.25) is 0 Å². The summed E-state index contributed by atoms with van der Waals surface area (Å²) in [4.78, 5) is 2.20.